The first-order valence-electron chi connectivity index (χ1n) is 7.61. The maximum Gasteiger partial charge on any atom is 0.135 e. The molecular weight excluding hydrogens is 270 g/mol. The molecule has 2 heterocycles. The van der Waals surface area contributed by atoms with Crippen LogP contribution in [0.1, 0.15) is 16.8 Å². The molecule has 0 aliphatic carbocycles. The maximum atomic E-state index is 5.95. The Hall–Kier alpha value is -2.61. The van der Waals surface area contributed by atoms with E-state index in [2.05, 4.69) is 48.3 Å². The van der Waals surface area contributed by atoms with Gasteiger partial charge in [0.25, 0.3) is 0 Å². The van der Waals surface area contributed by atoms with E-state index < -0.39 is 0 Å². The highest BCUT2D eigenvalue weighted by Crippen LogP contribution is 2.29. The minimum atomic E-state index is 0.950. The summed E-state index contributed by atoms with van der Waals surface area (Å²) < 4.78 is 5.95. The lowest BCUT2D eigenvalue weighted by molar-refractivity contribution is 0.668. The zero-order valence-corrected chi connectivity index (χ0v) is 12.5. The molecule has 0 atom stereocenters. The monoisotopic (exact) mass is 287 g/mol. The number of fused-ring (bicyclic) bond motifs is 3. The first kappa shape index (κ1) is 13.1. The van der Waals surface area contributed by atoms with Gasteiger partial charge in [-0.3, -0.25) is 4.98 Å². The number of hydrogen-bond acceptors (Lipinski definition) is 2. The lowest BCUT2D eigenvalue weighted by Gasteiger charge is -2.02. The molecular formula is C20H17NO. The second-order valence-corrected chi connectivity index (χ2v) is 5.76. The molecule has 0 aliphatic heterocycles. The summed E-state index contributed by atoms with van der Waals surface area (Å²) in [5.74, 6) is 0. The van der Waals surface area contributed by atoms with Crippen molar-refractivity contribution in [3.05, 3.63) is 77.6 Å². The van der Waals surface area contributed by atoms with Crippen LogP contribution in [-0.4, -0.2) is 4.98 Å². The van der Waals surface area contributed by atoms with Gasteiger partial charge in [-0.2, -0.15) is 0 Å². The van der Waals surface area contributed by atoms with Gasteiger partial charge in [0.1, 0.15) is 11.2 Å². The Morgan fingerprint density at radius 3 is 2.59 bits per heavy atom. The third-order valence-corrected chi connectivity index (χ3v) is 4.09. The van der Waals surface area contributed by atoms with Crippen LogP contribution in [0.3, 0.4) is 0 Å². The highest BCUT2D eigenvalue weighted by molar-refractivity contribution is 6.04. The highest BCUT2D eigenvalue weighted by Gasteiger charge is 2.07. The van der Waals surface area contributed by atoms with Gasteiger partial charge in [0, 0.05) is 22.7 Å². The normalized spacial score (nSPS) is 11.3. The van der Waals surface area contributed by atoms with Crippen LogP contribution in [-0.2, 0) is 12.8 Å². The largest absolute Gasteiger partial charge is 0.456 e. The van der Waals surface area contributed by atoms with E-state index in [1.807, 2.05) is 24.4 Å². The van der Waals surface area contributed by atoms with E-state index in [-0.39, 0.29) is 0 Å². The summed E-state index contributed by atoms with van der Waals surface area (Å²) in [5.41, 5.74) is 5.54. The van der Waals surface area contributed by atoms with Gasteiger partial charge in [-0.25, -0.2) is 0 Å². The molecule has 0 fully saturated rings. The predicted octanol–water partition coefficient (Wildman–Crippen LogP) is 5.07. The van der Waals surface area contributed by atoms with Crippen molar-refractivity contribution in [3.8, 4) is 0 Å². The van der Waals surface area contributed by atoms with Gasteiger partial charge in [0.15, 0.2) is 0 Å². The van der Waals surface area contributed by atoms with Crippen LogP contribution in [0.5, 0.6) is 0 Å². The average molecular weight is 287 g/mol. The van der Waals surface area contributed by atoms with Crippen LogP contribution in [0.15, 0.2) is 65.2 Å². The predicted molar refractivity (Wildman–Crippen MR) is 90.1 cm³/mol. The zero-order chi connectivity index (χ0) is 14.9. The van der Waals surface area contributed by atoms with Crippen molar-refractivity contribution in [2.75, 3.05) is 0 Å². The Labute approximate surface area is 129 Å². The van der Waals surface area contributed by atoms with Crippen molar-refractivity contribution in [1.82, 2.24) is 4.98 Å². The van der Waals surface area contributed by atoms with Gasteiger partial charge in [-0.15, -0.1) is 0 Å². The standard InChI is InChI=1S/C20H17NO/c1-14-6-9-16(21-13-14)10-7-15-8-11-18-17-4-2-3-5-19(17)22-20(18)12-15/h2-6,8-9,11-13H,7,10H2,1H3. The Bertz CT molecular complexity index is 935. The summed E-state index contributed by atoms with van der Waals surface area (Å²) in [6, 6.07) is 18.9. The van der Waals surface area contributed by atoms with Crippen molar-refractivity contribution in [2.45, 2.75) is 19.8 Å². The van der Waals surface area contributed by atoms with E-state index in [0.29, 0.717) is 0 Å². The van der Waals surface area contributed by atoms with Gasteiger partial charge < -0.3 is 4.42 Å². The average Bonchev–Trinajstić information content (AvgIpc) is 2.92. The van der Waals surface area contributed by atoms with Crippen LogP contribution < -0.4 is 0 Å². The lowest BCUT2D eigenvalue weighted by atomic mass is 10.0. The fourth-order valence-corrected chi connectivity index (χ4v) is 2.84. The fraction of sp³-hybridized carbons (Fsp3) is 0.150. The Kier molecular flexibility index (Phi) is 3.15. The van der Waals surface area contributed by atoms with Gasteiger partial charge in [0.2, 0.25) is 0 Å². The topological polar surface area (TPSA) is 26.0 Å². The van der Waals surface area contributed by atoms with E-state index >= 15 is 0 Å². The van der Waals surface area contributed by atoms with E-state index in [1.165, 1.54) is 21.9 Å². The van der Waals surface area contributed by atoms with E-state index in [0.717, 1.165) is 29.7 Å². The molecule has 0 spiro atoms. The molecule has 0 unspecified atom stereocenters. The smallest absolute Gasteiger partial charge is 0.135 e. The zero-order valence-electron chi connectivity index (χ0n) is 12.5. The van der Waals surface area contributed by atoms with Gasteiger partial charge in [-0.05, 0) is 49.1 Å². The third kappa shape index (κ3) is 2.37. The van der Waals surface area contributed by atoms with Crippen molar-refractivity contribution >= 4 is 21.9 Å². The Morgan fingerprint density at radius 1 is 0.864 bits per heavy atom. The Morgan fingerprint density at radius 2 is 1.73 bits per heavy atom. The molecule has 4 aromatic rings. The molecule has 0 N–H and O–H groups in total. The van der Waals surface area contributed by atoms with Gasteiger partial charge in [0.05, 0.1) is 0 Å². The number of hydrogen-bond donors (Lipinski definition) is 0. The second-order valence-electron chi connectivity index (χ2n) is 5.76. The van der Waals surface area contributed by atoms with Gasteiger partial charge >= 0.3 is 0 Å². The minimum Gasteiger partial charge on any atom is -0.456 e. The molecule has 0 radical (unpaired) electrons. The van der Waals surface area contributed by atoms with Crippen molar-refractivity contribution in [3.63, 3.8) is 0 Å². The molecule has 2 aromatic carbocycles. The first-order valence-corrected chi connectivity index (χ1v) is 7.61. The van der Waals surface area contributed by atoms with E-state index in [4.69, 9.17) is 4.42 Å². The van der Waals surface area contributed by atoms with Crippen molar-refractivity contribution in [2.24, 2.45) is 0 Å². The minimum absolute atomic E-state index is 0.950. The van der Waals surface area contributed by atoms with Crippen molar-refractivity contribution < 1.29 is 4.42 Å². The number of aromatic nitrogens is 1. The summed E-state index contributed by atoms with van der Waals surface area (Å²) in [6.07, 6.45) is 3.85. The summed E-state index contributed by atoms with van der Waals surface area (Å²) in [5, 5.41) is 2.37. The highest BCUT2D eigenvalue weighted by atomic mass is 16.3. The van der Waals surface area contributed by atoms with E-state index in [9.17, 15) is 0 Å². The van der Waals surface area contributed by atoms with Crippen LogP contribution >= 0.6 is 0 Å². The molecule has 0 bridgehead atoms. The molecule has 108 valence electrons. The second kappa shape index (κ2) is 5.30. The van der Waals surface area contributed by atoms with E-state index in [1.54, 1.807) is 0 Å². The molecule has 0 saturated heterocycles. The summed E-state index contributed by atoms with van der Waals surface area (Å²) in [4.78, 5) is 4.47. The van der Waals surface area contributed by atoms with Crippen LogP contribution in [0, 0.1) is 6.92 Å². The molecule has 2 nitrogen and oxygen atoms in total. The summed E-state index contributed by atoms with van der Waals surface area (Å²) in [6.45, 7) is 2.06. The number of furan rings is 1. The van der Waals surface area contributed by atoms with Crippen LogP contribution in [0.4, 0.5) is 0 Å². The number of para-hydroxylation sites is 1. The SMILES string of the molecule is Cc1ccc(CCc2ccc3c(c2)oc2ccccc23)nc1. The Balaban J connectivity index is 1.62. The fourth-order valence-electron chi connectivity index (χ4n) is 2.84. The maximum absolute atomic E-state index is 5.95. The molecule has 22 heavy (non-hydrogen) atoms. The lowest BCUT2D eigenvalue weighted by Crippen LogP contribution is -1.94. The third-order valence-electron chi connectivity index (χ3n) is 4.09. The van der Waals surface area contributed by atoms with Crippen LogP contribution in [0.25, 0.3) is 21.9 Å². The number of pyridine rings is 1. The number of aryl methyl sites for hydroxylation is 3. The number of nitrogens with zero attached hydrogens (tertiary/aromatic N) is 1. The molecule has 4 rings (SSSR count). The van der Waals surface area contributed by atoms with Crippen LogP contribution in [0.2, 0.25) is 0 Å². The summed E-state index contributed by atoms with van der Waals surface area (Å²) in [7, 11) is 0. The quantitative estimate of drug-likeness (QED) is 0.525. The van der Waals surface area contributed by atoms with Gasteiger partial charge in [-0.1, -0.05) is 36.4 Å². The molecule has 2 aromatic heterocycles. The molecule has 0 saturated carbocycles. The number of rotatable bonds is 3. The molecule has 0 amide bonds. The molecule has 0 aliphatic rings. The summed E-state index contributed by atoms with van der Waals surface area (Å²) >= 11 is 0. The first-order chi connectivity index (χ1) is 10.8. The van der Waals surface area contributed by atoms with Crippen molar-refractivity contribution in [1.29, 1.82) is 0 Å². The molecule has 2 heteroatoms. The number of benzene rings is 2.